The van der Waals surface area contributed by atoms with Gasteiger partial charge in [0.05, 0.1) is 6.04 Å². The molecule has 1 aromatic carbocycles. The zero-order chi connectivity index (χ0) is 17.2. The Labute approximate surface area is 132 Å². The van der Waals surface area contributed by atoms with E-state index in [1.165, 1.54) is 0 Å². The summed E-state index contributed by atoms with van der Waals surface area (Å²) in [6.45, 7) is 1.82. The number of Topliss-reactive ketones (excluding diaryl/α,β-unsaturated/α-hetero) is 1. The first-order chi connectivity index (χ1) is 10.7. The summed E-state index contributed by atoms with van der Waals surface area (Å²) >= 11 is 0. The number of carbonyl (C=O) groups excluding carboxylic acids is 2. The van der Waals surface area contributed by atoms with Gasteiger partial charge in [0.1, 0.15) is 0 Å². The van der Waals surface area contributed by atoms with Gasteiger partial charge in [0, 0.05) is 18.2 Å². The highest BCUT2D eigenvalue weighted by Gasteiger charge is 2.47. The van der Waals surface area contributed by atoms with Crippen molar-refractivity contribution in [2.24, 2.45) is 5.73 Å². The van der Waals surface area contributed by atoms with Crippen LogP contribution in [0.5, 0.6) is 0 Å². The SMILES string of the molecule is CC(N)Cc1ccc(C(=O)C2CCCN2C(=O)C(F)(F)F)cc1. The van der Waals surface area contributed by atoms with Gasteiger partial charge in [-0.1, -0.05) is 24.3 Å². The van der Waals surface area contributed by atoms with Crippen molar-refractivity contribution in [3.05, 3.63) is 35.4 Å². The van der Waals surface area contributed by atoms with Crippen LogP contribution in [-0.4, -0.2) is 41.4 Å². The van der Waals surface area contributed by atoms with E-state index in [2.05, 4.69) is 0 Å². The highest BCUT2D eigenvalue weighted by molar-refractivity contribution is 6.02. The Bertz CT molecular complexity index is 582. The smallest absolute Gasteiger partial charge is 0.328 e. The fourth-order valence-electron chi connectivity index (χ4n) is 2.81. The summed E-state index contributed by atoms with van der Waals surface area (Å²) in [7, 11) is 0. The first-order valence-electron chi connectivity index (χ1n) is 7.46. The molecule has 1 aliphatic heterocycles. The van der Waals surface area contributed by atoms with Crippen LogP contribution in [-0.2, 0) is 11.2 Å². The lowest BCUT2D eigenvalue weighted by Gasteiger charge is -2.24. The number of carbonyl (C=O) groups is 2. The maximum Gasteiger partial charge on any atom is 0.471 e. The molecule has 2 rings (SSSR count). The Morgan fingerprint density at radius 2 is 1.91 bits per heavy atom. The number of amides is 1. The second-order valence-corrected chi connectivity index (χ2v) is 5.90. The minimum atomic E-state index is -4.95. The number of halogens is 3. The van der Waals surface area contributed by atoms with Gasteiger partial charge in [0.15, 0.2) is 5.78 Å². The summed E-state index contributed by atoms with van der Waals surface area (Å²) in [6.07, 6.45) is -3.66. The van der Waals surface area contributed by atoms with Crippen molar-refractivity contribution >= 4 is 11.7 Å². The standard InChI is InChI=1S/C16H19F3N2O2/c1-10(20)9-11-4-6-12(7-5-11)14(22)13-3-2-8-21(13)15(23)16(17,18)19/h4-7,10,13H,2-3,8-9,20H2,1H3. The van der Waals surface area contributed by atoms with Gasteiger partial charge in [-0.3, -0.25) is 9.59 Å². The van der Waals surface area contributed by atoms with E-state index in [1.54, 1.807) is 24.3 Å². The molecule has 2 N–H and O–H groups in total. The number of nitrogens with zero attached hydrogens (tertiary/aromatic N) is 1. The molecule has 0 spiro atoms. The first kappa shape index (κ1) is 17.5. The van der Waals surface area contributed by atoms with E-state index in [0.717, 1.165) is 5.56 Å². The van der Waals surface area contributed by atoms with Crippen LogP contribution in [0.1, 0.15) is 35.7 Å². The number of nitrogens with two attached hydrogens (primary N) is 1. The zero-order valence-electron chi connectivity index (χ0n) is 12.8. The lowest BCUT2D eigenvalue weighted by atomic mass is 9.99. The summed E-state index contributed by atoms with van der Waals surface area (Å²) < 4.78 is 37.8. The van der Waals surface area contributed by atoms with E-state index in [-0.39, 0.29) is 19.0 Å². The molecule has 2 atom stereocenters. The highest BCUT2D eigenvalue weighted by atomic mass is 19.4. The molecule has 0 saturated carbocycles. The highest BCUT2D eigenvalue weighted by Crippen LogP contribution is 2.27. The number of benzene rings is 1. The third-order valence-corrected chi connectivity index (χ3v) is 3.85. The average molecular weight is 328 g/mol. The van der Waals surface area contributed by atoms with Gasteiger partial charge in [0.2, 0.25) is 0 Å². The Kier molecular flexibility index (Phi) is 5.09. The molecule has 1 saturated heterocycles. The number of hydrogen-bond acceptors (Lipinski definition) is 3. The number of ketones is 1. The summed E-state index contributed by atoms with van der Waals surface area (Å²) in [5.41, 5.74) is 6.96. The van der Waals surface area contributed by atoms with E-state index in [4.69, 9.17) is 5.73 Å². The summed E-state index contributed by atoms with van der Waals surface area (Å²) in [5.74, 6) is -2.39. The second-order valence-electron chi connectivity index (χ2n) is 5.90. The van der Waals surface area contributed by atoms with Crippen LogP contribution in [0.4, 0.5) is 13.2 Å². The van der Waals surface area contributed by atoms with Crippen molar-refractivity contribution in [2.75, 3.05) is 6.54 Å². The molecule has 23 heavy (non-hydrogen) atoms. The summed E-state index contributed by atoms with van der Waals surface area (Å²) in [5, 5.41) is 0. The van der Waals surface area contributed by atoms with Crippen molar-refractivity contribution in [1.29, 1.82) is 0 Å². The number of likely N-dealkylation sites (tertiary alicyclic amines) is 1. The van der Waals surface area contributed by atoms with E-state index in [9.17, 15) is 22.8 Å². The fourth-order valence-corrected chi connectivity index (χ4v) is 2.81. The average Bonchev–Trinajstić information content (AvgIpc) is 2.94. The van der Waals surface area contributed by atoms with Gasteiger partial charge in [-0.25, -0.2) is 0 Å². The van der Waals surface area contributed by atoms with Crippen molar-refractivity contribution in [3.8, 4) is 0 Å². The van der Waals surface area contributed by atoms with Crippen LogP contribution >= 0.6 is 0 Å². The third-order valence-electron chi connectivity index (χ3n) is 3.85. The molecule has 0 radical (unpaired) electrons. The van der Waals surface area contributed by atoms with Gasteiger partial charge < -0.3 is 10.6 Å². The molecule has 1 aromatic rings. The molecule has 2 unspecified atom stereocenters. The molecule has 0 bridgehead atoms. The minimum Gasteiger partial charge on any atom is -0.328 e. The molecule has 0 aliphatic carbocycles. The number of alkyl halides is 3. The number of hydrogen-bond donors (Lipinski definition) is 1. The molecular weight excluding hydrogens is 309 g/mol. The lowest BCUT2D eigenvalue weighted by molar-refractivity contribution is -0.185. The summed E-state index contributed by atoms with van der Waals surface area (Å²) in [6, 6.07) is 5.57. The van der Waals surface area contributed by atoms with Gasteiger partial charge in [-0.2, -0.15) is 13.2 Å². The molecule has 126 valence electrons. The van der Waals surface area contributed by atoms with E-state index in [1.807, 2.05) is 6.92 Å². The maximum atomic E-state index is 12.6. The van der Waals surface area contributed by atoms with Crippen molar-refractivity contribution < 1.29 is 22.8 Å². The van der Waals surface area contributed by atoms with Crippen molar-refractivity contribution in [3.63, 3.8) is 0 Å². The lowest BCUT2D eigenvalue weighted by Crippen LogP contribution is -2.46. The molecule has 1 amide bonds. The van der Waals surface area contributed by atoms with Crippen LogP contribution in [0.25, 0.3) is 0 Å². The Morgan fingerprint density at radius 3 is 2.43 bits per heavy atom. The van der Waals surface area contributed by atoms with Crippen LogP contribution < -0.4 is 5.73 Å². The summed E-state index contributed by atoms with van der Waals surface area (Å²) in [4.78, 5) is 24.5. The monoisotopic (exact) mass is 328 g/mol. The first-order valence-corrected chi connectivity index (χ1v) is 7.46. The Morgan fingerprint density at radius 1 is 1.30 bits per heavy atom. The quantitative estimate of drug-likeness (QED) is 0.863. The van der Waals surface area contributed by atoms with Crippen molar-refractivity contribution in [2.45, 2.75) is 44.4 Å². The maximum absolute atomic E-state index is 12.6. The Balaban J connectivity index is 2.14. The molecule has 4 nitrogen and oxygen atoms in total. The molecule has 1 fully saturated rings. The van der Waals surface area contributed by atoms with E-state index < -0.39 is 23.9 Å². The van der Waals surface area contributed by atoms with Gasteiger partial charge >= 0.3 is 12.1 Å². The minimum absolute atomic E-state index is 0.0220. The predicted molar refractivity (Wildman–Crippen MR) is 78.9 cm³/mol. The van der Waals surface area contributed by atoms with Crippen LogP contribution in [0.2, 0.25) is 0 Å². The van der Waals surface area contributed by atoms with Crippen molar-refractivity contribution in [1.82, 2.24) is 4.90 Å². The second kappa shape index (κ2) is 6.70. The predicted octanol–water partition coefficient (Wildman–Crippen LogP) is 2.31. The van der Waals surface area contributed by atoms with Crippen LogP contribution in [0, 0.1) is 0 Å². The number of rotatable bonds is 4. The van der Waals surface area contributed by atoms with E-state index >= 15 is 0 Å². The molecule has 0 aromatic heterocycles. The molecule has 1 aliphatic rings. The Hall–Kier alpha value is -1.89. The molecule has 1 heterocycles. The van der Waals surface area contributed by atoms with Crippen LogP contribution in [0.15, 0.2) is 24.3 Å². The molecular formula is C16H19F3N2O2. The van der Waals surface area contributed by atoms with Gasteiger partial charge in [-0.15, -0.1) is 0 Å². The third kappa shape index (κ3) is 4.10. The fraction of sp³-hybridized carbons (Fsp3) is 0.500. The van der Waals surface area contributed by atoms with Gasteiger partial charge in [-0.05, 0) is 31.7 Å². The zero-order valence-corrected chi connectivity index (χ0v) is 12.8. The van der Waals surface area contributed by atoms with Gasteiger partial charge in [0.25, 0.3) is 0 Å². The largest absolute Gasteiger partial charge is 0.471 e. The van der Waals surface area contributed by atoms with E-state index in [0.29, 0.717) is 23.3 Å². The topological polar surface area (TPSA) is 63.4 Å². The molecule has 7 heteroatoms. The normalized spacial score (nSPS) is 19.7. The van der Waals surface area contributed by atoms with Crippen LogP contribution in [0.3, 0.4) is 0 Å².